The zero-order chi connectivity index (χ0) is 26.8. The number of nitrogens with zero attached hydrogens (tertiary/aromatic N) is 3. The summed E-state index contributed by atoms with van der Waals surface area (Å²) in [5.41, 5.74) is 2.27. The first kappa shape index (κ1) is 25.4. The molecular formula is C28H29N5O5S. The molecule has 11 heteroatoms. The lowest BCUT2D eigenvalue weighted by atomic mass is 9.95. The Hall–Kier alpha value is -3.86. The summed E-state index contributed by atoms with van der Waals surface area (Å²) < 4.78 is 10.7. The zero-order valence-corrected chi connectivity index (χ0v) is 22.2. The molecule has 39 heavy (non-hydrogen) atoms. The molecule has 0 bridgehead atoms. The summed E-state index contributed by atoms with van der Waals surface area (Å²) in [6.45, 7) is 0.474. The molecule has 3 heterocycles. The second kappa shape index (κ2) is 11.1. The molecule has 0 unspecified atom stereocenters. The first-order chi connectivity index (χ1) is 19.0. The number of nitrogens with one attached hydrogen (secondary N) is 2. The predicted molar refractivity (Wildman–Crippen MR) is 147 cm³/mol. The number of fused-ring (bicyclic) bond motifs is 4. The van der Waals surface area contributed by atoms with Crippen molar-refractivity contribution < 1.29 is 23.9 Å². The van der Waals surface area contributed by atoms with E-state index in [9.17, 15) is 14.4 Å². The number of para-hydroxylation sites is 1. The Balaban J connectivity index is 1.11. The minimum absolute atomic E-state index is 0.0713. The predicted octanol–water partition coefficient (Wildman–Crippen LogP) is 3.26. The fourth-order valence-corrected chi connectivity index (χ4v) is 5.99. The Labute approximate surface area is 230 Å². The third-order valence-corrected chi connectivity index (χ3v) is 8.09. The van der Waals surface area contributed by atoms with Gasteiger partial charge in [0.05, 0.1) is 17.9 Å². The van der Waals surface area contributed by atoms with Gasteiger partial charge in [-0.05, 0) is 42.7 Å². The highest BCUT2D eigenvalue weighted by atomic mass is 32.2. The van der Waals surface area contributed by atoms with Crippen LogP contribution in [0.5, 0.6) is 11.5 Å². The van der Waals surface area contributed by atoms with Crippen molar-refractivity contribution in [2.75, 3.05) is 12.5 Å². The van der Waals surface area contributed by atoms with Crippen molar-refractivity contribution >= 4 is 46.2 Å². The van der Waals surface area contributed by atoms with Crippen LogP contribution in [0.2, 0.25) is 0 Å². The second-order valence-corrected chi connectivity index (χ2v) is 10.9. The summed E-state index contributed by atoms with van der Waals surface area (Å²) in [5.74, 6) is 1.25. The number of amides is 3. The lowest BCUT2D eigenvalue weighted by Gasteiger charge is -2.26. The number of aliphatic imine (C=N–C) groups is 2. The standard InChI is InChI=1S/C28H29N5O5S/c34-24(29-14-17-10-11-22-23(12-17)38-16-37-22)13-21-27(36)33-26(31-21)19-8-4-5-9-20(19)32-28(33)39-15-25(35)30-18-6-2-1-3-7-18/h4-5,8-12,18,21H,1-3,6-7,13-16H2,(H,29,34)(H,30,35)/t21-/m0/s1. The molecule has 1 saturated carbocycles. The normalized spacial score (nSPS) is 19.6. The van der Waals surface area contributed by atoms with Gasteiger partial charge in [0.15, 0.2) is 16.7 Å². The molecule has 2 aromatic rings. The van der Waals surface area contributed by atoms with Crippen molar-refractivity contribution in [2.24, 2.45) is 9.98 Å². The van der Waals surface area contributed by atoms with E-state index in [1.54, 1.807) is 6.07 Å². The molecule has 6 rings (SSSR count). The number of rotatable bonds is 7. The Bertz CT molecular complexity index is 1370. The molecule has 0 spiro atoms. The number of carbonyl (C=O) groups excluding carboxylic acids is 3. The van der Waals surface area contributed by atoms with Crippen LogP contribution < -0.4 is 20.1 Å². The van der Waals surface area contributed by atoms with E-state index in [2.05, 4.69) is 20.6 Å². The summed E-state index contributed by atoms with van der Waals surface area (Å²) in [7, 11) is 0. The highest BCUT2D eigenvalue weighted by Gasteiger charge is 2.42. The number of carbonyl (C=O) groups is 3. The average molecular weight is 548 g/mol. The Morgan fingerprint density at radius 3 is 2.72 bits per heavy atom. The van der Waals surface area contributed by atoms with Gasteiger partial charge >= 0.3 is 0 Å². The van der Waals surface area contributed by atoms with Gasteiger partial charge in [0.2, 0.25) is 18.6 Å². The van der Waals surface area contributed by atoms with Crippen LogP contribution in [0.25, 0.3) is 0 Å². The third kappa shape index (κ3) is 5.49. The van der Waals surface area contributed by atoms with E-state index in [0.717, 1.165) is 36.8 Å². The van der Waals surface area contributed by atoms with Crippen molar-refractivity contribution in [1.29, 1.82) is 0 Å². The fourth-order valence-electron chi connectivity index (χ4n) is 5.18. The van der Waals surface area contributed by atoms with Crippen molar-refractivity contribution in [3.63, 3.8) is 0 Å². The second-order valence-electron chi connectivity index (χ2n) is 9.91. The van der Waals surface area contributed by atoms with Crippen LogP contribution in [0.4, 0.5) is 5.69 Å². The van der Waals surface area contributed by atoms with Gasteiger partial charge in [-0.3, -0.25) is 19.4 Å². The summed E-state index contributed by atoms with van der Waals surface area (Å²) in [6, 6.07) is 12.3. The minimum atomic E-state index is -0.871. The van der Waals surface area contributed by atoms with Gasteiger partial charge in [-0.2, -0.15) is 0 Å². The molecule has 1 atom stereocenters. The number of hydrogen-bond donors (Lipinski definition) is 2. The van der Waals surface area contributed by atoms with Crippen molar-refractivity contribution in [3.05, 3.63) is 53.6 Å². The summed E-state index contributed by atoms with van der Waals surface area (Å²) in [6.07, 6.45) is 5.40. The lowest BCUT2D eigenvalue weighted by molar-refractivity contribution is -0.128. The molecule has 0 saturated heterocycles. The van der Waals surface area contributed by atoms with Crippen LogP contribution >= 0.6 is 11.8 Å². The maximum absolute atomic E-state index is 13.5. The van der Waals surface area contributed by atoms with E-state index >= 15 is 0 Å². The van der Waals surface area contributed by atoms with Crippen LogP contribution in [0.3, 0.4) is 0 Å². The van der Waals surface area contributed by atoms with E-state index in [-0.39, 0.29) is 49.3 Å². The number of amidine groups is 2. The summed E-state index contributed by atoms with van der Waals surface area (Å²) >= 11 is 1.22. The first-order valence-corrected chi connectivity index (χ1v) is 14.2. The maximum Gasteiger partial charge on any atom is 0.259 e. The molecule has 2 aromatic carbocycles. The Morgan fingerprint density at radius 2 is 1.85 bits per heavy atom. The Kier molecular flexibility index (Phi) is 7.23. The molecular weight excluding hydrogens is 518 g/mol. The topological polar surface area (TPSA) is 122 Å². The lowest BCUT2D eigenvalue weighted by Crippen LogP contribution is -2.43. The van der Waals surface area contributed by atoms with Gasteiger partial charge in [0, 0.05) is 18.2 Å². The molecule has 2 N–H and O–H groups in total. The number of thioether (sulfide) groups is 1. The van der Waals surface area contributed by atoms with E-state index in [0.29, 0.717) is 28.2 Å². The largest absolute Gasteiger partial charge is 0.454 e. The molecule has 0 aromatic heterocycles. The monoisotopic (exact) mass is 547 g/mol. The molecule has 4 aliphatic rings. The van der Waals surface area contributed by atoms with E-state index in [1.807, 2.05) is 36.4 Å². The molecule has 3 aliphatic heterocycles. The van der Waals surface area contributed by atoms with Crippen molar-refractivity contribution in [1.82, 2.24) is 15.5 Å². The van der Waals surface area contributed by atoms with Crippen LogP contribution in [0, 0.1) is 0 Å². The van der Waals surface area contributed by atoms with E-state index < -0.39 is 6.04 Å². The highest BCUT2D eigenvalue weighted by Crippen LogP contribution is 2.34. The molecule has 202 valence electrons. The van der Waals surface area contributed by atoms with Crippen molar-refractivity contribution in [3.8, 4) is 11.5 Å². The van der Waals surface area contributed by atoms with Gasteiger partial charge in [-0.1, -0.05) is 49.2 Å². The molecule has 1 fully saturated rings. The van der Waals surface area contributed by atoms with Gasteiger partial charge in [-0.25, -0.2) is 9.89 Å². The number of ether oxygens (including phenoxy) is 2. The zero-order valence-electron chi connectivity index (χ0n) is 21.4. The first-order valence-electron chi connectivity index (χ1n) is 13.2. The minimum Gasteiger partial charge on any atom is -0.454 e. The van der Waals surface area contributed by atoms with E-state index in [1.165, 1.54) is 23.1 Å². The highest BCUT2D eigenvalue weighted by molar-refractivity contribution is 8.14. The third-order valence-electron chi connectivity index (χ3n) is 7.16. The molecule has 10 nitrogen and oxygen atoms in total. The summed E-state index contributed by atoms with van der Waals surface area (Å²) in [4.78, 5) is 49.7. The van der Waals surface area contributed by atoms with Gasteiger partial charge in [-0.15, -0.1) is 0 Å². The fraction of sp³-hybridized carbons (Fsp3) is 0.393. The maximum atomic E-state index is 13.5. The van der Waals surface area contributed by atoms with Crippen LogP contribution in [-0.4, -0.2) is 58.3 Å². The molecule has 1 aliphatic carbocycles. The number of benzene rings is 2. The molecule has 3 amide bonds. The van der Waals surface area contributed by atoms with E-state index in [4.69, 9.17) is 9.47 Å². The van der Waals surface area contributed by atoms with Gasteiger partial charge in [0.1, 0.15) is 11.9 Å². The smallest absolute Gasteiger partial charge is 0.259 e. The van der Waals surface area contributed by atoms with Crippen LogP contribution in [0.1, 0.15) is 49.7 Å². The molecule has 0 radical (unpaired) electrons. The average Bonchev–Trinajstić information content (AvgIpc) is 3.55. The Morgan fingerprint density at radius 1 is 1.03 bits per heavy atom. The quantitative estimate of drug-likeness (QED) is 0.549. The van der Waals surface area contributed by atoms with Crippen LogP contribution in [-0.2, 0) is 20.9 Å². The van der Waals surface area contributed by atoms with Gasteiger partial charge in [0.25, 0.3) is 5.91 Å². The van der Waals surface area contributed by atoms with Crippen molar-refractivity contribution in [2.45, 2.75) is 57.2 Å². The number of hydrogen-bond acceptors (Lipinski definition) is 8. The summed E-state index contributed by atoms with van der Waals surface area (Å²) in [5, 5.41) is 6.38. The van der Waals surface area contributed by atoms with Gasteiger partial charge < -0.3 is 20.1 Å². The van der Waals surface area contributed by atoms with Crippen LogP contribution in [0.15, 0.2) is 52.4 Å². The SMILES string of the molecule is O=C(C[C@@H]1N=C2c3ccccc3N=C(SCC(=O)NC3CCCCC3)N2C1=O)NCc1ccc2c(c1)OCO2.